The Morgan fingerprint density at radius 1 is 1.33 bits per heavy atom. The Kier molecular flexibility index (Phi) is 2.41. The van der Waals surface area contributed by atoms with E-state index in [9.17, 15) is 8.42 Å². The summed E-state index contributed by atoms with van der Waals surface area (Å²) in [4.78, 5) is 0. The van der Waals surface area contributed by atoms with Gasteiger partial charge in [-0.1, -0.05) is 0 Å². The summed E-state index contributed by atoms with van der Waals surface area (Å²) in [5, 5.41) is 0. The van der Waals surface area contributed by atoms with Crippen LogP contribution < -0.4 is 0 Å². The molecule has 4 nitrogen and oxygen atoms in total. The summed E-state index contributed by atoms with van der Waals surface area (Å²) in [6.07, 6.45) is 3.37. The van der Waals surface area contributed by atoms with Crippen LogP contribution in [0.3, 0.4) is 0 Å². The molecule has 0 amide bonds. The van der Waals surface area contributed by atoms with Gasteiger partial charge in [-0.05, 0) is 33.1 Å². The Hall–Kier alpha value is -0.130. The van der Waals surface area contributed by atoms with Crippen molar-refractivity contribution >= 4 is 9.84 Å². The average Bonchev–Trinajstić information content (AvgIpc) is 2.73. The molecule has 0 aromatic carbocycles. The van der Waals surface area contributed by atoms with Crippen molar-refractivity contribution in [3.8, 4) is 0 Å². The van der Waals surface area contributed by atoms with Gasteiger partial charge >= 0.3 is 0 Å². The molecule has 1 saturated heterocycles. The maximum Gasteiger partial charge on any atom is 0.163 e. The van der Waals surface area contributed by atoms with Crippen molar-refractivity contribution in [1.82, 2.24) is 0 Å². The summed E-state index contributed by atoms with van der Waals surface area (Å²) < 4.78 is 33.7. The van der Waals surface area contributed by atoms with Crippen LogP contribution in [0.2, 0.25) is 0 Å². The van der Waals surface area contributed by atoms with Gasteiger partial charge in [-0.3, -0.25) is 0 Å². The van der Waals surface area contributed by atoms with Crippen molar-refractivity contribution in [2.24, 2.45) is 0 Å². The number of hydrogen-bond acceptors (Lipinski definition) is 4. The van der Waals surface area contributed by atoms with E-state index in [1.165, 1.54) is 6.26 Å². The van der Waals surface area contributed by atoms with Crippen LogP contribution in [0.5, 0.6) is 0 Å². The quantitative estimate of drug-likeness (QED) is 0.734. The minimum Gasteiger partial charge on any atom is -0.348 e. The molecule has 0 radical (unpaired) electrons. The molecule has 1 aliphatic heterocycles. The van der Waals surface area contributed by atoms with Gasteiger partial charge in [0.2, 0.25) is 0 Å². The largest absolute Gasteiger partial charge is 0.348 e. The van der Waals surface area contributed by atoms with Crippen LogP contribution in [0.1, 0.15) is 33.1 Å². The maximum atomic E-state index is 11.6. The highest BCUT2D eigenvalue weighted by Gasteiger charge is 2.54. The van der Waals surface area contributed by atoms with Crippen molar-refractivity contribution in [1.29, 1.82) is 0 Å². The predicted octanol–water partition coefficient (Wildman–Crippen LogP) is 1.11. The van der Waals surface area contributed by atoms with Gasteiger partial charge < -0.3 is 9.47 Å². The fourth-order valence-corrected chi connectivity index (χ4v) is 3.48. The molecule has 1 atom stereocenters. The van der Waals surface area contributed by atoms with Crippen molar-refractivity contribution in [2.45, 2.75) is 49.7 Å². The third-order valence-electron chi connectivity index (χ3n) is 3.26. The second-order valence-electron chi connectivity index (χ2n) is 5.11. The zero-order valence-corrected chi connectivity index (χ0v) is 10.3. The number of rotatable bonds is 3. The lowest BCUT2D eigenvalue weighted by molar-refractivity contribution is -0.139. The summed E-state index contributed by atoms with van der Waals surface area (Å²) in [6.45, 7) is 4.21. The summed E-state index contributed by atoms with van der Waals surface area (Å²) >= 11 is 0. The Labute approximate surface area is 90.9 Å². The molecule has 0 aromatic heterocycles. The van der Waals surface area contributed by atoms with Crippen LogP contribution in [0.15, 0.2) is 0 Å². The molecule has 15 heavy (non-hydrogen) atoms. The molecule has 0 N–H and O–H groups in total. The summed E-state index contributed by atoms with van der Waals surface area (Å²) in [5.74, 6) is -0.557. The molecule has 0 aromatic rings. The van der Waals surface area contributed by atoms with E-state index < -0.39 is 20.4 Å². The van der Waals surface area contributed by atoms with Gasteiger partial charge in [0.15, 0.2) is 15.6 Å². The molecular formula is C10H18O4S. The second-order valence-corrected chi connectivity index (χ2v) is 7.52. The van der Waals surface area contributed by atoms with Crippen LogP contribution in [0, 0.1) is 0 Å². The van der Waals surface area contributed by atoms with E-state index in [4.69, 9.17) is 9.47 Å². The summed E-state index contributed by atoms with van der Waals surface area (Å²) in [6, 6.07) is 0. The second kappa shape index (κ2) is 3.18. The van der Waals surface area contributed by atoms with Gasteiger partial charge in [0.05, 0.1) is 17.5 Å². The molecule has 1 heterocycles. The van der Waals surface area contributed by atoms with Gasteiger partial charge in [-0.25, -0.2) is 8.42 Å². The van der Waals surface area contributed by atoms with Crippen LogP contribution in [0.4, 0.5) is 0 Å². The van der Waals surface area contributed by atoms with Gasteiger partial charge in [0.25, 0.3) is 0 Å². The van der Waals surface area contributed by atoms with Crippen LogP contribution in [-0.4, -0.2) is 37.9 Å². The SMILES string of the molecule is CC1(C)OC[C@@H](CC2(S(C)(=O)=O)CC2)O1. The lowest BCUT2D eigenvalue weighted by Crippen LogP contribution is -2.30. The third-order valence-corrected chi connectivity index (χ3v) is 5.41. The molecule has 2 rings (SSSR count). The Bertz CT molecular complexity index is 354. The zero-order chi connectivity index (χ0) is 11.3. The first-order valence-corrected chi connectivity index (χ1v) is 7.15. The monoisotopic (exact) mass is 234 g/mol. The Morgan fingerprint density at radius 3 is 2.27 bits per heavy atom. The Morgan fingerprint density at radius 2 is 1.93 bits per heavy atom. The van der Waals surface area contributed by atoms with Crippen molar-refractivity contribution in [2.75, 3.05) is 12.9 Å². The van der Waals surface area contributed by atoms with Crippen molar-refractivity contribution in [3.63, 3.8) is 0 Å². The van der Waals surface area contributed by atoms with E-state index in [-0.39, 0.29) is 6.10 Å². The van der Waals surface area contributed by atoms with Gasteiger partial charge in [0.1, 0.15) is 0 Å². The molecule has 2 fully saturated rings. The highest BCUT2D eigenvalue weighted by molar-refractivity contribution is 7.92. The topological polar surface area (TPSA) is 52.6 Å². The van der Waals surface area contributed by atoms with E-state index in [0.717, 1.165) is 12.8 Å². The van der Waals surface area contributed by atoms with Gasteiger partial charge in [-0.2, -0.15) is 0 Å². The maximum absolute atomic E-state index is 11.6. The lowest BCUT2D eigenvalue weighted by atomic mass is 10.2. The highest BCUT2D eigenvalue weighted by Crippen LogP contribution is 2.48. The van der Waals surface area contributed by atoms with E-state index in [1.807, 2.05) is 13.8 Å². The smallest absolute Gasteiger partial charge is 0.163 e. The predicted molar refractivity (Wildman–Crippen MR) is 56.3 cm³/mol. The molecule has 0 bridgehead atoms. The van der Waals surface area contributed by atoms with Gasteiger partial charge in [0, 0.05) is 6.26 Å². The fourth-order valence-electron chi connectivity index (χ4n) is 2.14. The molecular weight excluding hydrogens is 216 g/mol. The summed E-state index contributed by atoms with van der Waals surface area (Å²) in [7, 11) is -2.95. The summed E-state index contributed by atoms with van der Waals surface area (Å²) in [5.41, 5.74) is 0. The Balaban J connectivity index is 2.00. The highest BCUT2D eigenvalue weighted by atomic mass is 32.2. The zero-order valence-electron chi connectivity index (χ0n) is 9.45. The number of sulfone groups is 1. The minimum atomic E-state index is -2.95. The van der Waals surface area contributed by atoms with E-state index >= 15 is 0 Å². The number of hydrogen-bond donors (Lipinski definition) is 0. The van der Waals surface area contributed by atoms with Crippen LogP contribution >= 0.6 is 0 Å². The van der Waals surface area contributed by atoms with Crippen molar-refractivity contribution in [3.05, 3.63) is 0 Å². The molecule has 0 spiro atoms. The standard InChI is InChI=1S/C10H18O4S/c1-9(2)13-7-8(14-9)6-10(4-5-10)15(3,11)12/h8H,4-7H2,1-3H3/t8-/m1/s1. The first-order valence-electron chi connectivity index (χ1n) is 5.26. The van der Waals surface area contributed by atoms with Gasteiger partial charge in [-0.15, -0.1) is 0 Å². The van der Waals surface area contributed by atoms with Crippen molar-refractivity contribution < 1.29 is 17.9 Å². The lowest BCUT2D eigenvalue weighted by Gasteiger charge is -2.20. The molecule has 1 aliphatic carbocycles. The first kappa shape index (κ1) is 11.4. The molecule has 88 valence electrons. The normalized spacial score (nSPS) is 32.9. The van der Waals surface area contributed by atoms with Crippen LogP contribution in [0.25, 0.3) is 0 Å². The number of ether oxygens (including phenoxy) is 2. The van der Waals surface area contributed by atoms with Crippen LogP contribution in [-0.2, 0) is 19.3 Å². The fraction of sp³-hybridized carbons (Fsp3) is 1.00. The molecule has 5 heteroatoms. The minimum absolute atomic E-state index is 0.0720. The van der Waals surface area contributed by atoms with E-state index in [2.05, 4.69) is 0 Å². The molecule has 1 saturated carbocycles. The molecule has 0 unspecified atom stereocenters. The van der Waals surface area contributed by atoms with E-state index in [0.29, 0.717) is 13.0 Å². The molecule has 2 aliphatic rings. The van der Waals surface area contributed by atoms with E-state index in [1.54, 1.807) is 0 Å². The average molecular weight is 234 g/mol. The first-order chi connectivity index (χ1) is 6.74. The third kappa shape index (κ3) is 2.19.